The zero-order valence-electron chi connectivity index (χ0n) is 10.5. The van der Waals surface area contributed by atoms with Crippen LogP contribution in [0.2, 0.25) is 0 Å². The Bertz CT molecular complexity index is 503. The van der Waals surface area contributed by atoms with E-state index in [1.54, 1.807) is 13.0 Å². The molecule has 6 nitrogen and oxygen atoms in total. The van der Waals surface area contributed by atoms with Crippen LogP contribution in [0, 0.1) is 10.1 Å². The summed E-state index contributed by atoms with van der Waals surface area (Å²) in [4.78, 5) is 33.7. The highest BCUT2D eigenvalue weighted by molar-refractivity contribution is 8.01. The van der Waals surface area contributed by atoms with Gasteiger partial charge in [0.25, 0.3) is 5.69 Å². The van der Waals surface area contributed by atoms with Crippen LogP contribution in [0.5, 0.6) is 0 Å². The quantitative estimate of drug-likeness (QED) is 0.261. The molecule has 0 aliphatic heterocycles. The number of benzene rings is 1. The zero-order chi connectivity index (χ0) is 14.4. The number of ether oxygens (including phenoxy) is 1. The number of nitrogens with zero attached hydrogens (tertiary/aromatic N) is 1. The molecule has 0 aliphatic carbocycles. The summed E-state index contributed by atoms with van der Waals surface area (Å²) in [7, 11) is 0. The molecule has 0 saturated heterocycles. The Kier molecular flexibility index (Phi) is 5.50. The number of Topliss-reactive ketones (excluding diaryl/α,β-unsaturated/α-hetero) is 1. The SMILES string of the molecule is CCOC(=O)[C@H](Sc1ccccc1[N+](=O)[O-])C(C)=O. The molecule has 0 bridgehead atoms. The van der Waals surface area contributed by atoms with Gasteiger partial charge >= 0.3 is 5.97 Å². The minimum Gasteiger partial charge on any atom is -0.465 e. The molecule has 19 heavy (non-hydrogen) atoms. The summed E-state index contributed by atoms with van der Waals surface area (Å²) >= 11 is 0.834. The van der Waals surface area contributed by atoms with Crippen LogP contribution in [-0.2, 0) is 14.3 Å². The maximum absolute atomic E-state index is 11.6. The molecule has 1 aromatic carbocycles. The summed E-state index contributed by atoms with van der Waals surface area (Å²) in [6.45, 7) is 3.04. The monoisotopic (exact) mass is 283 g/mol. The van der Waals surface area contributed by atoms with E-state index in [0.29, 0.717) is 0 Å². The minimum absolute atomic E-state index is 0.136. The second kappa shape index (κ2) is 6.89. The number of hydrogen-bond acceptors (Lipinski definition) is 6. The highest BCUT2D eigenvalue weighted by Gasteiger charge is 2.28. The molecular formula is C12H13NO5S. The molecule has 0 heterocycles. The van der Waals surface area contributed by atoms with E-state index in [0.717, 1.165) is 11.8 Å². The lowest BCUT2D eigenvalue weighted by Gasteiger charge is -2.12. The number of esters is 1. The first-order chi connectivity index (χ1) is 8.97. The summed E-state index contributed by atoms with van der Waals surface area (Å²) in [6.07, 6.45) is 0. The van der Waals surface area contributed by atoms with Gasteiger partial charge in [-0.05, 0) is 19.9 Å². The van der Waals surface area contributed by atoms with E-state index in [-0.39, 0.29) is 17.2 Å². The first-order valence-electron chi connectivity index (χ1n) is 5.54. The third-order valence-electron chi connectivity index (χ3n) is 2.18. The van der Waals surface area contributed by atoms with Gasteiger partial charge in [0.05, 0.1) is 16.4 Å². The van der Waals surface area contributed by atoms with Gasteiger partial charge in [-0.15, -0.1) is 0 Å². The molecule has 0 unspecified atom stereocenters. The molecule has 0 aromatic heterocycles. The van der Waals surface area contributed by atoms with Crippen LogP contribution in [0.15, 0.2) is 29.2 Å². The van der Waals surface area contributed by atoms with Gasteiger partial charge in [-0.2, -0.15) is 0 Å². The molecule has 1 aromatic rings. The van der Waals surface area contributed by atoms with Crippen molar-refractivity contribution in [3.63, 3.8) is 0 Å². The van der Waals surface area contributed by atoms with Crippen LogP contribution in [0.3, 0.4) is 0 Å². The molecule has 1 atom stereocenters. The number of nitro benzene ring substituents is 1. The Morgan fingerprint density at radius 1 is 1.42 bits per heavy atom. The Morgan fingerprint density at radius 2 is 2.05 bits per heavy atom. The smallest absolute Gasteiger partial charge is 0.327 e. The van der Waals surface area contributed by atoms with Crippen LogP contribution in [0.25, 0.3) is 0 Å². The fraction of sp³-hybridized carbons (Fsp3) is 0.333. The van der Waals surface area contributed by atoms with Crippen LogP contribution in [-0.4, -0.2) is 28.5 Å². The standard InChI is InChI=1S/C12H13NO5S/c1-3-18-12(15)11(8(2)14)19-10-7-5-4-6-9(10)13(16)17/h4-7,11H,3H2,1-2H3/t11-/m1/s1. The number of hydrogen-bond donors (Lipinski definition) is 0. The van der Waals surface area contributed by atoms with E-state index in [4.69, 9.17) is 4.74 Å². The summed E-state index contributed by atoms with van der Waals surface area (Å²) in [6, 6.07) is 5.95. The molecule has 102 valence electrons. The van der Waals surface area contributed by atoms with E-state index < -0.39 is 21.9 Å². The molecule has 0 saturated carbocycles. The largest absolute Gasteiger partial charge is 0.465 e. The molecular weight excluding hydrogens is 270 g/mol. The van der Waals surface area contributed by atoms with Crippen molar-refractivity contribution in [3.05, 3.63) is 34.4 Å². The highest BCUT2D eigenvalue weighted by atomic mass is 32.2. The van der Waals surface area contributed by atoms with Gasteiger partial charge in [0.1, 0.15) is 0 Å². The lowest BCUT2D eigenvalue weighted by molar-refractivity contribution is -0.387. The Balaban J connectivity index is 3.00. The maximum Gasteiger partial charge on any atom is 0.327 e. The number of ketones is 1. The molecule has 0 spiro atoms. The number of para-hydroxylation sites is 1. The number of thioether (sulfide) groups is 1. The molecule has 0 radical (unpaired) electrons. The van der Waals surface area contributed by atoms with Gasteiger partial charge in [0.15, 0.2) is 11.0 Å². The second-order valence-corrected chi connectivity index (χ2v) is 4.73. The van der Waals surface area contributed by atoms with Gasteiger partial charge in [-0.3, -0.25) is 19.7 Å². The summed E-state index contributed by atoms with van der Waals surface area (Å²) in [5.41, 5.74) is -0.136. The second-order valence-electron chi connectivity index (χ2n) is 3.59. The van der Waals surface area contributed by atoms with Crippen molar-refractivity contribution in [3.8, 4) is 0 Å². The Labute approximate surface area is 114 Å². The topological polar surface area (TPSA) is 86.5 Å². The predicted molar refractivity (Wildman–Crippen MR) is 70.1 cm³/mol. The van der Waals surface area contributed by atoms with Crippen molar-refractivity contribution in [2.45, 2.75) is 24.0 Å². The number of nitro groups is 1. The van der Waals surface area contributed by atoms with Crippen molar-refractivity contribution < 1.29 is 19.2 Å². The number of carbonyl (C=O) groups is 2. The van der Waals surface area contributed by atoms with Gasteiger partial charge in [0.2, 0.25) is 0 Å². The van der Waals surface area contributed by atoms with E-state index >= 15 is 0 Å². The predicted octanol–water partition coefficient (Wildman–Crippen LogP) is 2.21. The lowest BCUT2D eigenvalue weighted by atomic mass is 10.3. The Hall–Kier alpha value is -1.89. The molecule has 7 heteroatoms. The van der Waals surface area contributed by atoms with Crippen molar-refractivity contribution in [1.82, 2.24) is 0 Å². The van der Waals surface area contributed by atoms with Gasteiger partial charge in [0, 0.05) is 6.07 Å². The number of rotatable bonds is 6. The van der Waals surface area contributed by atoms with Crippen LogP contribution < -0.4 is 0 Å². The first kappa shape index (κ1) is 15.2. The molecule has 1 rings (SSSR count). The number of carbonyl (C=O) groups excluding carboxylic acids is 2. The summed E-state index contributed by atoms with van der Waals surface area (Å²) in [5, 5.41) is 9.78. The molecule has 0 N–H and O–H groups in total. The van der Waals surface area contributed by atoms with Crippen molar-refractivity contribution in [1.29, 1.82) is 0 Å². The fourth-order valence-corrected chi connectivity index (χ4v) is 2.35. The van der Waals surface area contributed by atoms with Crippen LogP contribution >= 0.6 is 11.8 Å². The van der Waals surface area contributed by atoms with Crippen LogP contribution in [0.1, 0.15) is 13.8 Å². The Morgan fingerprint density at radius 3 is 2.58 bits per heavy atom. The normalized spacial score (nSPS) is 11.7. The third kappa shape index (κ3) is 4.06. The molecule has 0 amide bonds. The highest BCUT2D eigenvalue weighted by Crippen LogP contribution is 2.32. The summed E-state index contributed by atoms with van der Waals surface area (Å²) < 4.78 is 4.79. The maximum atomic E-state index is 11.6. The minimum atomic E-state index is -1.08. The molecule has 0 aliphatic rings. The zero-order valence-corrected chi connectivity index (χ0v) is 11.3. The summed E-state index contributed by atoms with van der Waals surface area (Å²) in [5.74, 6) is -1.08. The van der Waals surface area contributed by atoms with E-state index in [2.05, 4.69) is 0 Å². The van der Waals surface area contributed by atoms with Crippen molar-refractivity contribution in [2.24, 2.45) is 0 Å². The van der Waals surface area contributed by atoms with Gasteiger partial charge in [-0.1, -0.05) is 23.9 Å². The van der Waals surface area contributed by atoms with E-state index in [9.17, 15) is 19.7 Å². The van der Waals surface area contributed by atoms with Crippen molar-refractivity contribution >= 4 is 29.2 Å². The van der Waals surface area contributed by atoms with Gasteiger partial charge < -0.3 is 4.74 Å². The lowest BCUT2D eigenvalue weighted by Crippen LogP contribution is -2.27. The van der Waals surface area contributed by atoms with Crippen LogP contribution in [0.4, 0.5) is 5.69 Å². The average molecular weight is 283 g/mol. The van der Waals surface area contributed by atoms with Gasteiger partial charge in [-0.25, -0.2) is 0 Å². The first-order valence-corrected chi connectivity index (χ1v) is 6.42. The van der Waals surface area contributed by atoms with E-state index in [1.165, 1.54) is 25.1 Å². The molecule has 0 fully saturated rings. The fourth-order valence-electron chi connectivity index (χ4n) is 1.35. The van der Waals surface area contributed by atoms with E-state index in [1.807, 2.05) is 0 Å². The average Bonchev–Trinajstić information content (AvgIpc) is 2.36. The third-order valence-corrected chi connectivity index (χ3v) is 3.54. The van der Waals surface area contributed by atoms with Crippen molar-refractivity contribution in [2.75, 3.05) is 6.61 Å².